The van der Waals surface area contributed by atoms with Crippen molar-refractivity contribution in [1.29, 1.82) is 0 Å². The number of phenols is 2. The zero-order chi connectivity index (χ0) is 16.7. The highest BCUT2D eigenvalue weighted by atomic mass is 32.2. The van der Waals surface area contributed by atoms with Crippen molar-refractivity contribution < 1.29 is 18.6 Å². The zero-order valence-corrected chi connectivity index (χ0v) is 13.3. The molecule has 0 aliphatic rings. The van der Waals surface area contributed by atoms with Crippen molar-refractivity contribution in [3.8, 4) is 11.5 Å². The minimum absolute atomic E-state index is 0.246. The Hall–Kier alpha value is -2.31. The summed E-state index contributed by atoms with van der Waals surface area (Å²) in [6.07, 6.45) is 2.87. The Morgan fingerprint density at radius 3 is 2.43 bits per heavy atom. The lowest BCUT2D eigenvalue weighted by Crippen LogP contribution is -2.22. The number of nitrogens with one attached hydrogen (secondary N) is 1. The molecule has 0 fully saturated rings. The Morgan fingerprint density at radius 1 is 1.00 bits per heavy atom. The Morgan fingerprint density at radius 2 is 1.74 bits per heavy atom. The maximum atomic E-state index is 11.9. The van der Waals surface area contributed by atoms with Crippen molar-refractivity contribution >= 4 is 16.1 Å². The van der Waals surface area contributed by atoms with Crippen LogP contribution < -0.4 is 4.72 Å². The monoisotopic (exact) mass is 333 g/mol. The molecule has 23 heavy (non-hydrogen) atoms. The minimum atomic E-state index is -3.53. The van der Waals surface area contributed by atoms with Gasteiger partial charge in [0, 0.05) is 12.0 Å². The maximum absolute atomic E-state index is 11.9. The van der Waals surface area contributed by atoms with Gasteiger partial charge < -0.3 is 10.2 Å². The summed E-state index contributed by atoms with van der Waals surface area (Å²) >= 11 is 0. The number of aromatic hydroxyl groups is 2. The zero-order valence-electron chi connectivity index (χ0n) is 12.5. The SMILES string of the molecule is O=S(=O)(/C=C/c1ccc(O)c(O)c1)NCCCc1ccccc1. The van der Waals surface area contributed by atoms with E-state index in [9.17, 15) is 18.6 Å². The molecule has 0 radical (unpaired) electrons. The van der Waals surface area contributed by atoms with Gasteiger partial charge in [-0.05, 0) is 42.2 Å². The number of rotatable bonds is 7. The van der Waals surface area contributed by atoms with Crippen LogP contribution in [0.15, 0.2) is 53.9 Å². The molecule has 0 aliphatic heterocycles. The van der Waals surface area contributed by atoms with Crippen LogP contribution in [0.2, 0.25) is 0 Å². The standard InChI is InChI=1S/C17H19NO4S/c19-16-9-8-15(13-17(16)20)10-12-23(21,22)18-11-4-7-14-5-2-1-3-6-14/h1-3,5-6,8-10,12-13,18-20H,4,7,11H2/b12-10+. The van der Waals surface area contributed by atoms with Crippen LogP contribution in [0.25, 0.3) is 6.08 Å². The van der Waals surface area contributed by atoms with E-state index in [1.807, 2.05) is 30.3 Å². The molecule has 122 valence electrons. The number of hydrogen-bond acceptors (Lipinski definition) is 4. The fraction of sp³-hybridized carbons (Fsp3) is 0.176. The normalized spacial score (nSPS) is 11.8. The smallest absolute Gasteiger partial charge is 0.233 e. The number of sulfonamides is 1. The number of aryl methyl sites for hydroxylation is 1. The molecular formula is C17H19NO4S. The Bertz CT molecular complexity index is 770. The second-order valence-corrected chi connectivity index (χ2v) is 6.73. The lowest BCUT2D eigenvalue weighted by molar-refractivity contribution is 0.403. The second-order valence-electron chi connectivity index (χ2n) is 5.08. The molecule has 6 heteroatoms. The fourth-order valence-electron chi connectivity index (χ4n) is 2.01. The lowest BCUT2D eigenvalue weighted by atomic mass is 10.1. The van der Waals surface area contributed by atoms with Crippen LogP contribution in [0.1, 0.15) is 17.5 Å². The van der Waals surface area contributed by atoms with Gasteiger partial charge in [-0.3, -0.25) is 0 Å². The van der Waals surface area contributed by atoms with Crippen LogP contribution in [0.5, 0.6) is 11.5 Å². The molecule has 0 unspecified atom stereocenters. The van der Waals surface area contributed by atoms with E-state index >= 15 is 0 Å². The van der Waals surface area contributed by atoms with Crippen molar-refractivity contribution in [3.63, 3.8) is 0 Å². The fourth-order valence-corrected chi connectivity index (χ4v) is 2.87. The number of phenolic OH excluding ortho intramolecular Hbond substituents is 2. The minimum Gasteiger partial charge on any atom is -0.504 e. The van der Waals surface area contributed by atoms with Gasteiger partial charge in [0.1, 0.15) is 0 Å². The molecule has 0 aliphatic carbocycles. The summed E-state index contributed by atoms with van der Waals surface area (Å²) in [5, 5.41) is 19.6. The highest BCUT2D eigenvalue weighted by Crippen LogP contribution is 2.25. The molecule has 0 heterocycles. The van der Waals surface area contributed by atoms with Gasteiger partial charge in [0.2, 0.25) is 10.0 Å². The topological polar surface area (TPSA) is 86.6 Å². The summed E-state index contributed by atoms with van der Waals surface area (Å²) in [5.74, 6) is -0.538. The van der Waals surface area contributed by atoms with Gasteiger partial charge in [-0.15, -0.1) is 0 Å². The van der Waals surface area contributed by atoms with Gasteiger partial charge in [-0.1, -0.05) is 36.4 Å². The van der Waals surface area contributed by atoms with Crippen molar-refractivity contribution in [2.45, 2.75) is 12.8 Å². The maximum Gasteiger partial charge on any atom is 0.233 e. The molecule has 0 bridgehead atoms. The first-order chi connectivity index (χ1) is 11.0. The summed E-state index contributed by atoms with van der Waals surface area (Å²) in [5.41, 5.74) is 1.65. The molecule has 2 aromatic rings. The highest BCUT2D eigenvalue weighted by molar-refractivity contribution is 7.92. The van der Waals surface area contributed by atoms with Gasteiger partial charge in [-0.2, -0.15) is 0 Å². The molecule has 3 N–H and O–H groups in total. The number of hydrogen-bond donors (Lipinski definition) is 3. The summed E-state index contributed by atoms with van der Waals surface area (Å²) in [6, 6.07) is 14.0. The molecule has 2 rings (SSSR count). The first kappa shape index (κ1) is 17.1. The van der Waals surface area contributed by atoms with Crippen LogP contribution in [-0.4, -0.2) is 25.2 Å². The van der Waals surface area contributed by atoms with E-state index in [-0.39, 0.29) is 11.5 Å². The predicted molar refractivity (Wildman–Crippen MR) is 90.5 cm³/mol. The summed E-state index contributed by atoms with van der Waals surface area (Å²) < 4.78 is 26.2. The second kappa shape index (κ2) is 7.80. The van der Waals surface area contributed by atoms with E-state index in [1.165, 1.54) is 29.8 Å². The van der Waals surface area contributed by atoms with E-state index in [1.54, 1.807) is 0 Å². The Labute approximate surface area is 136 Å². The molecule has 0 amide bonds. The van der Waals surface area contributed by atoms with Crippen LogP contribution in [0.4, 0.5) is 0 Å². The Balaban J connectivity index is 1.84. The van der Waals surface area contributed by atoms with E-state index in [2.05, 4.69) is 4.72 Å². The first-order valence-electron chi connectivity index (χ1n) is 7.20. The van der Waals surface area contributed by atoms with Crippen molar-refractivity contribution in [2.24, 2.45) is 0 Å². The molecule has 2 aromatic carbocycles. The van der Waals surface area contributed by atoms with Crippen LogP contribution in [-0.2, 0) is 16.4 Å². The Kier molecular flexibility index (Phi) is 5.78. The molecule has 0 saturated carbocycles. The third-order valence-corrected chi connectivity index (χ3v) is 4.33. The van der Waals surface area contributed by atoms with Gasteiger partial charge in [-0.25, -0.2) is 13.1 Å². The number of benzene rings is 2. The third-order valence-electron chi connectivity index (χ3n) is 3.23. The van der Waals surface area contributed by atoms with Gasteiger partial charge in [0.05, 0.1) is 0 Å². The summed E-state index contributed by atoms with van der Waals surface area (Å²) in [7, 11) is -3.53. The molecule has 0 atom stereocenters. The van der Waals surface area contributed by atoms with Crippen molar-refractivity contribution in [1.82, 2.24) is 4.72 Å². The summed E-state index contributed by atoms with van der Waals surface area (Å²) in [6.45, 7) is 0.350. The first-order valence-corrected chi connectivity index (χ1v) is 8.74. The molecule has 0 saturated heterocycles. The molecular weight excluding hydrogens is 314 g/mol. The van der Waals surface area contributed by atoms with E-state index in [0.717, 1.165) is 11.8 Å². The molecule has 0 spiro atoms. The average molecular weight is 333 g/mol. The predicted octanol–water partition coefficient (Wildman–Crippen LogP) is 2.62. The van der Waals surface area contributed by atoms with E-state index < -0.39 is 10.0 Å². The highest BCUT2D eigenvalue weighted by Gasteiger charge is 2.05. The molecule has 0 aromatic heterocycles. The van der Waals surface area contributed by atoms with Gasteiger partial charge in [0.25, 0.3) is 0 Å². The van der Waals surface area contributed by atoms with Crippen LogP contribution in [0, 0.1) is 0 Å². The summed E-state index contributed by atoms with van der Waals surface area (Å²) in [4.78, 5) is 0. The average Bonchev–Trinajstić information content (AvgIpc) is 2.54. The third kappa shape index (κ3) is 5.77. The van der Waals surface area contributed by atoms with Crippen LogP contribution >= 0.6 is 0 Å². The lowest BCUT2D eigenvalue weighted by Gasteiger charge is -2.03. The largest absolute Gasteiger partial charge is 0.504 e. The van der Waals surface area contributed by atoms with Crippen molar-refractivity contribution in [3.05, 3.63) is 65.1 Å². The molecule has 5 nitrogen and oxygen atoms in total. The van der Waals surface area contributed by atoms with Crippen molar-refractivity contribution in [2.75, 3.05) is 6.54 Å². The van der Waals surface area contributed by atoms with Crippen LogP contribution in [0.3, 0.4) is 0 Å². The van der Waals surface area contributed by atoms with Gasteiger partial charge >= 0.3 is 0 Å². The van der Waals surface area contributed by atoms with Gasteiger partial charge in [0.15, 0.2) is 11.5 Å². The van der Waals surface area contributed by atoms with E-state index in [4.69, 9.17) is 0 Å². The quantitative estimate of drug-likeness (QED) is 0.537. The van der Waals surface area contributed by atoms with E-state index in [0.29, 0.717) is 18.5 Å².